The maximum absolute atomic E-state index is 12.5. The molecule has 2 aliphatic rings. The lowest BCUT2D eigenvalue weighted by atomic mass is 10.2. The predicted molar refractivity (Wildman–Crippen MR) is 79.4 cm³/mol. The van der Waals surface area contributed by atoms with Gasteiger partial charge in [0, 0.05) is 32.1 Å². The SMILES string of the molecule is O=C(CN1CCN(S(=O)(=O)c2ccccc2)CC1)C1CC1. The molecule has 0 unspecified atom stereocenters. The van der Waals surface area contributed by atoms with E-state index in [0.29, 0.717) is 43.4 Å². The molecule has 21 heavy (non-hydrogen) atoms. The van der Waals surface area contributed by atoms with Crippen LogP contribution in [0.3, 0.4) is 0 Å². The molecule has 0 atom stereocenters. The molecule has 1 heterocycles. The number of carbonyl (C=O) groups is 1. The van der Waals surface area contributed by atoms with E-state index in [1.807, 2.05) is 0 Å². The molecule has 1 aromatic carbocycles. The van der Waals surface area contributed by atoms with Crippen molar-refractivity contribution in [3.8, 4) is 0 Å². The lowest BCUT2D eigenvalue weighted by molar-refractivity contribution is -0.121. The Morgan fingerprint density at radius 3 is 2.24 bits per heavy atom. The van der Waals surface area contributed by atoms with E-state index in [-0.39, 0.29) is 5.92 Å². The van der Waals surface area contributed by atoms with Crippen molar-refractivity contribution < 1.29 is 13.2 Å². The number of piperazine rings is 1. The molecule has 0 aromatic heterocycles. The van der Waals surface area contributed by atoms with Gasteiger partial charge in [-0.3, -0.25) is 9.69 Å². The smallest absolute Gasteiger partial charge is 0.243 e. The van der Waals surface area contributed by atoms with Crippen molar-refractivity contribution in [2.24, 2.45) is 5.92 Å². The number of benzene rings is 1. The standard InChI is InChI=1S/C15H20N2O3S/c18-15(13-6-7-13)12-16-8-10-17(11-9-16)21(19,20)14-4-2-1-3-5-14/h1-5,13H,6-12H2. The molecule has 1 saturated carbocycles. The van der Waals surface area contributed by atoms with Crippen LogP contribution in [0.25, 0.3) is 0 Å². The Morgan fingerprint density at radius 2 is 1.67 bits per heavy atom. The summed E-state index contributed by atoms with van der Waals surface area (Å²) in [6.45, 7) is 2.64. The van der Waals surface area contributed by atoms with Gasteiger partial charge in [0.05, 0.1) is 11.4 Å². The number of ketones is 1. The summed E-state index contributed by atoms with van der Waals surface area (Å²) in [4.78, 5) is 14.2. The van der Waals surface area contributed by atoms with Crippen LogP contribution in [0, 0.1) is 5.92 Å². The van der Waals surface area contributed by atoms with Gasteiger partial charge in [-0.1, -0.05) is 18.2 Å². The van der Waals surface area contributed by atoms with E-state index < -0.39 is 10.0 Å². The average molecular weight is 308 g/mol. The highest BCUT2D eigenvalue weighted by molar-refractivity contribution is 7.89. The van der Waals surface area contributed by atoms with Crippen molar-refractivity contribution in [2.45, 2.75) is 17.7 Å². The van der Waals surface area contributed by atoms with Crippen LogP contribution < -0.4 is 0 Å². The zero-order chi connectivity index (χ0) is 14.9. The Morgan fingerprint density at radius 1 is 1.05 bits per heavy atom. The largest absolute Gasteiger partial charge is 0.298 e. The van der Waals surface area contributed by atoms with Crippen molar-refractivity contribution in [3.63, 3.8) is 0 Å². The zero-order valence-electron chi connectivity index (χ0n) is 11.9. The van der Waals surface area contributed by atoms with Crippen LogP contribution >= 0.6 is 0 Å². The van der Waals surface area contributed by atoms with E-state index in [0.717, 1.165) is 12.8 Å². The second-order valence-corrected chi connectivity index (χ2v) is 7.67. The summed E-state index contributed by atoms with van der Waals surface area (Å²) in [6, 6.07) is 8.52. The number of carbonyl (C=O) groups excluding carboxylic acids is 1. The summed E-state index contributed by atoms with van der Waals surface area (Å²) in [5.41, 5.74) is 0. The van der Waals surface area contributed by atoms with Gasteiger partial charge in [-0.2, -0.15) is 4.31 Å². The molecule has 0 spiro atoms. The minimum Gasteiger partial charge on any atom is -0.298 e. The Labute approximate surface area is 125 Å². The monoisotopic (exact) mass is 308 g/mol. The molecule has 1 saturated heterocycles. The second kappa shape index (κ2) is 5.87. The van der Waals surface area contributed by atoms with Crippen LogP contribution in [0.4, 0.5) is 0 Å². The van der Waals surface area contributed by atoms with Crippen LogP contribution in [-0.4, -0.2) is 56.1 Å². The van der Waals surface area contributed by atoms with Gasteiger partial charge in [0.15, 0.2) is 0 Å². The number of Topliss-reactive ketones (excluding diaryl/α,β-unsaturated/α-hetero) is 1. The van der Waals surface area contributed by atoms with Gasteiger partial charge in [0.25, 0.3) is 0 Å². The predicted octanol–water partition coefficient (Wildman–Crippen LogP) is 0.972. The summed E-state index contributed by atoms with van der Waals surface area (Å²) in [5.74, 6) is 0.588. The number of rotatable bonds is 5. The van der Waals surface area contributed by atoms with Gasteiger partial charge in [-0.15, -0.1) is 0 Å². The summed E-state index contributed by atoms with van der Waals surface area (Å²) < 4.78 is 26.5. The van der Waals surface area contributed by atoms with Crippen molar-refractivity contribution in [3.05, 3.63) is 30.3 Å². The van der Waals surface area contributed by atoms with Gasteiger partial charge in [0.2, 0.25) is 10.0 Å². The van der Waals surface area contributed by atoms with E-state index >= 15 is 0 Å². The van der Waals surface area contributed by atoms with E-state index in [9.17, 15) is 13.2 Å². The van der Waals surface area contributed by atoms with Crippen molar-refractivity contribution in [1.29, 1.82) is 0 Å². The van der Waals surface area contributed by atoms with Gasteiger partial charge in [0.1, 0.15) is 5.78 Å². The van der Waals surface area contributed by atoms with Crippen LogP contribution in [0.2, 0.25) is 0 Å². The number of hydrogen-bond acceptors (Lipinski definition) is 4. The van der Waals surface area contributed by atoms with Crippen molar-refractivity contribution in [1.82, 2.24) is 9.21 Å². The maximum Gasteiger partial charge on any atom is 0.243 e. The van der Waals surface area contributed by atoms with Crippen LogP contribution in [-0.2, 0) is 14.8 Å². The molecular formula is C15H20N2O3S. The lowest BCUT2D eigenvalue weighted by Gasteiger charge is -2.33. The normalized spacial score (nSPS) is 21.3. The highest BCUT2D eigenvalue weighted by Crippen LogP contribution is 2.30. The van der Waals surface area contributed by atoms with Gasteiger partial charge < -0.3 is 0 Å². The maximum atomic E-state index is 12.5. The summed E-state index contributed by atoms with van der Waals surface area (Å²) in [5, 5.41) is 0. The fourth-order valence-corrected chi connectivity index (χ4v) is 4.07. The molecule has 0 N–H and O–H groups in total. The Balaban J connectivity index is 1.59. The first-order valence-electron chi connectivity index (χ1n) is 7.37. The number of nitrogens with zero attached hydrogens (tertiary/aromatic N) is 2. The molecule has 0 amide bonds. The third kappa shape index (κ3) is 3.33. The molecular weight excluding hydrogens is 288 g/mol. The molecule has 6 heteroatoms. The summed E-state index contributed by atoms with van der Waals surface area (Å²) in [6.07, 6.45) is 2.06. The molecule has 2 fully saturated rings. The second-order valence-electron chi connectivity index (χ2n) is 5.73. The minimum absolute atomic E-state index is 0.274. The number of hydrogen-bond donors (Lipinski definition) is 0. The minimum atomic E-state index is -3.40. The first kappa shape index (κ1) is 14.7. The van der Waals surface area contributed by atoms with E-state index in [1.54, 1.807) is 30.3 Å². The Hall–Kier alpha value is -1.24. The molecule has 0 radical (unpaired) electrons. The molecule has 5 nitrogen and oxygen atoms in total. The fourth-order valence-electron chi connectivity index (χ4n) is 2.62. The number of sulfonamides is 1. The third-order valence-corrected chi connectivity index (χ3v) is 6.04. The van der Waals surface area contributed by atoms with Gasteiger partial charge in [-0.05, 0) is 25.0 Å². The van der Waals surface area contributed by atoms with Crippen LogP contribution in [0.15, 0.2) is 35.2 Å². The van der Waals surface area contributed by atoms with E-state index in [2.05, 4.69) is 4.90 Å². The third-order valence-electron chi connectivity index (χ3n) is 4.12. The quantitative estimate of drug-likeness (QED) is 0.813. The van der Waals surface area contributed by atoms with Crippen molar-refractivity contribution >= 4 is 15.8 Å². The fraction of sp³-hybridized carbons (Fsp3) is 0.533. The average Bonchev–Trinajstić information content (AvgIpc) is 3.33. The van der Waals surface area contributed by atoms with Crippen LogP contribution in [0.1, 0.15) is 12.8 Å². The first-order chi connectivity index (χ1) is 10.1. The van der Waals surface area contributed by atoms with Crippen LogP contribution in [0.5, 0.6) is 0 Å². The first-order valence-corrected chi connectivity index (χ1v) is 8.81. The molecule has 3 rings (SSSR count). The summed E-state index contributed by atoms with van der Waals surface area (Å²) >= 11 is 0. The molecule has 1 aromatic rings. The van der Waals surface area contributed by atoms with Gasteiger partial charge in [-0.25, -0.2) is 8.42 Å². The Kier molecular flexibility index (Phi) is 4.10. The summed E-state index contributed by atoms with van der Waals surface area (Å²) in [7, 11) is -3.40. The highest BCUT2D eigenvalue weighted by atomic mass is 32.2. The van der Waals surface area contributed by atoms with E-state index in [1.165, 1.54) is 4.31 Å². The lowest BCUT2D eigenvalue weighted by Crippen LogP contribution is -2.49. The Bertz CT molecular complexity index is 603. The molecule has 114 valence electrons. The van der Waals surface area contributed by atoms with Crippen molar-refractivity contribution in [2.75, 3.05) is 32.7 Å². The molecule has 1 aliphatic carbocycles. The highest BCUT2D eigenvalue weighted by Gasteiger charge is 2.33. The van der Waals surface area contributed by atoms with E-state index in [4.69, 9.17) is 0 Å². The zero-order valence-corrected chi connectivity index (χ0v) is 12.8. The van der Waals surface area contributed by atoms with Gasteiger partial charge >= 0.3 is 0 Å². The topological polar surface area (TPSA) is 57.7 Å². The molecule has 0 bridgehead atoms. The molecule has 1 aliphatic heterocycles.